The quantitative estimate of drug-likeness (QED) is 0.834. The summed E-state index contributed by atoms with van der Waals surface area (Å²) in [5.74, 6) is -1.20. The maximum atomic E-state index is 13.3. The average molecular weight is 221 g/mol. The highest BCUT2D eigenvalue weighted by atomic mass is 19.1. The monoisotopic (exact) mass is 221 g/mol. The van der Waals surface area contributed by atoms with Gasteiger partial charge in [-0.3, -0.25) is 4.79 Å². The number of halogens is 1. The van der Waals surface area contributed by atoms with Crippen LogP contribution < -0.4 is 5.73 Å². The van der Waals surface area contributed by atoms with Crippen LogP contribution in [0.15, 0.2) is 28.8 Å². The van der Waals surface area contributed by atoms with Crippen LogP contribution in [0.5, 0.6) is 0 Å². The van der Waals surface area contributed by atoms with E-state index in [0.29, 0.717) is 5.56 Å². The summed E-state index contributed by atoms with van der Waals surface area (Å²) < 4.78 is 17.8. The molecule has 0 bridgehead atoms. The van der Waals surface area contributed by atoms with E-state index in [1.807, 2.05) is 0 Å². The summed E-state index contributed by atoms with van der Waals surface area (Å²) in [6, 6.07) is 6.23. The first-order valence-electron chi connectivity index (χ1n) is 4.52. The molecule has 6 heteroatoms. The summed E-state index contributed by atoms with van der Waals surface area (Å²) in [5.41, 5.74) is 5.37. The highest BCUT2D eigenvalue weighted by molar-refractivity contribution is 5.87. The first-order chi connectivity index (χ1) is 7.66. The predicted octanol–water partition coefficient (Wildman–Crippen LogP) is 0.898. The largest absolute Gasteiger partial charge is 0.361 e. The first kappa shape index (κ1) is 10.3. The van der Waals surface area contributed by atoms with E-state index in [4.69, 9.17) is 5.73 Å². The Hall–Kier alpha value is -2.24. The van der Waals surface area contributed by atoms with E-state index < -0.39 is 5.91 Å². The van der Waals surface area contributed by atoms with Crippen molar-refractivity contribution in [3.05, 3.63) is 47.4 Å². The van der Waals surface area contributed by atoms with Crippen molar-refractivity contribution in [2.45, 2.75) is 6.42 Å². The highest BCUT2D eigenvalue weighted by Crippen LogP contribution is 2.10. The van der Waals surface area contributed by atoms with Crippen LogP contribution in [0, 0.1) is 5.82 Å². The van der Waals surface area contributed by atoms with Crippen molar-refractivity contribution in [1.82, 2.24) is 10.1 Å². The third-order valence-corrected chi connectivity index (χ3v) is 1.99. The van der Waals surface area contributed by atoms with Crippen molar-refractivity contribution in [3.63, 3.8) is 0 Å². The molecular weight excluding hydrogens is 213 g/mol. The van der Waals surface area contributed by atoms with Gasteiger partial charge in [-0.15, -0.1) is 0 Å². The van der Waals surface area contributed by atoms with Crippen LogP contribution in [0.1, 0.15) is 22.1 Å². The Morgan fingerprint density at radius 3 is 2.81 bits per heavy atom. The summed E-state index contributed by atoms with van der Waals surface area (Å²) in [7, 11) is 0. The lowest BCUT2D eigenvalue weighted by Crippen LogP contribution is -2.11. The average Bonchev–Trinajstić information content (AvgIpc) is 2.70. The maximum Gasteiger partial charge on any atom is 0.315 e. The minimum atomic E-state index is -0.799. The lowest BCUT2D eigenvalue weighted by atomic mass is 10.1. The molecule has 1 aromatic heterocycles. The van der Waals surface area contributed by atoms with Gasteiger partial charge in [0, 0.05) is 6.42 Å². The predicted molar refractivity (Wildman–Crippen MR) is 52.0 cm³/mol. The number of benzene rings is 1. The van der Waals surface area contributed by atoms with E-state index in [9.17, 15) is 9.18 Å². The van der Waals surface area contributed by atoms with Crippen molar-refractivity contribution in [1.29, 1.82) is 0 Å². The van der Waals surface area contributed by atoms with E-state index in [1.165, 1.54) is 6.07 Å². The number of nitrogens with zero attached hydrogens (tertiary/aromatic N) is 2. The molecule has 0 unspecified atom stereocenters. The molecule has 2 N–H and O–H groups in total. The van der Waals surface area contributed by atoms with Crippen LogP contribution in [-0.2, 0) is 6.42 Å². The molecule has 1 aromatic carbocycles. The van der Waals surface area contributed by atoms with Crippen LogP contribution >= 0.6 is 0 Å². The van der Waals surface area contributed by atoms with Gasteiger partial charge in [0.25, 0.3) is 0 Å². The normalized spacial score (nSPS) is 10.3. The summed E-state index contributed by atoms with van der Waals surface area (Å²) in [6.45, 7) is 0. The third-order valence-electron chi connectivity index (χ3n) is 1.99. The van der Waals surface area contributed by atoms with Crippen LogP contribution in [0.4, 0.5) is 4.39 Å². The number of carbonyl (C=O) groups is 1. The van der Waals surface area contributed by atoms with Gasteiger partial charge < -0.3 is 10.3 Å². The maximum absolute atomic E-state index is 13.3. The molecule has 82 valence electrons. The van der Waals surface area contributed by atoms with Gasteiger partial charge in [-0.05, 0) is 11.6 Å². The summed E-state index contributed by atoms with van der Waals surface area (Å²) in [6.07, 6.45) is 0.156. The van der Waals surface area contributed by atoms with Crippen LogP contribution in [0.25, 0.3) is 0 Å². The number of hydrogen-bond acceptors (Lipinski definition) is 4. The van der Waals surface area contributed by atoms with E-state index in [1.54, 1.807) is 18.2 Å². The van der Waals surface area contributed by atoms with E-state index in [2.05, 4.69) is 14.7 Å². The van der Waals surface area contributed by atoms with Crippen LogP contribution in [0.3, 0.4) is 0 Å². The van der Waals surface area contributed by atoms with Gasteiger partial charge in [0.15, 0.2) is 5.82 Å². The van der Waals surface area contributed by atoms with Gasteiger partial charge >= 0.3 is 11.8 Å². The Morgan fingerprint density at radius 2 is 2.19 bits per heavy atom. The van der Waals surface area contributed by atoms with Crippen molar-refractivity contribution >= 4 is 5.91 Å². The molecule has 0 aliphatic heterocycles. The molecule has 0 aliphatic carbocycles. The Labute approximate surface area is 90.1 Å². The Balaban J connectivity index is 2.21. The fourth-order valence-corrected chi connectivity index (χ4v) is 1.24. The molecule has 0 saturated heterocycles. The van der Waals surface area contributed by atoms with Crippen molar-refractivity contribution in [2.75, 3.05) is 0 Å². The second kappa shape index (κ2) is 4.09. The smallest absolute Gasteiger partial charge is 0.315 e. The molecule has 5 nitrogen and oxygen atoms in total. The van der Waals surface area contributed by atoms with E-state index >= 15 is 0 Å². The van der Waals surface area contributed by atoms with Gasteiger partial charge in [-0.25, -0.2) is 4.39 Å². The zero-order valence-electron chi connectivity index (χ0n) is 8.18. The first-order valence-corrected chi connectivity index (χ1v) is 4.52. The number of hydrogen-bond donors (Lipinski definition) is 1. The van der Waals surface area contributed by atoms with Crippen LogP contribution in [-0.4, -0.2) is 16.0 Å². The van der Waals surface area contributed by atoms with Crippen molar-refractivity contribution < 1.29 is 13.7 Å². The fourth-order valence-electron chi connectivity index (χ4n) is 1.24. The molecule has 2 rings (SSSR count). The standard InChI is InChI=1S/C10H8FN3O2/c11-7-4-2-1-3-6(7)5-8-13-10(9(12)15)16-14-8/h1-4H,5H2,(H2,12,15). The second-order valence-corrected chi connectivity index (χ2v) is 3.15. The highest BCUT2D eigenvalue weighted by Gasteiger charge is 2.12. The Bertz CT molecular complexity index is 524. The van der Waals surface area contributed by atoms with Gasteiger partial charge in [0.05, 0.1) is 0 Å². The third kappa shape index (κ3) is 2.05. The second-order valence-electron chi connectivity index (χ2n) is 3.15. The van der Waals surface area contributed by atoms with E-state index in [-0.39, 0.29) is 24.0 Å². The van der Waals surface area contributed by atoms with Crippen molar-refractivity contribution in [2.24, 2.45) is 5.73 Å². The zero-order chi connectivity index (χ0) is 11.5. The molecule has 0 fully saturated rings. The topological polar surface area (TPSA) is 82.0 Å². The molecule has 0 spiro atoms. The number of aromatic nitrogens is 2. The summed E-state index contributed by atoms with van der Waals surface area (Å²) in [4.78, 5) is 14.4. The van der Waals surface area contributed by atoms with Gasteiger partial charge in [-0.1, -0.05) is 23.4 Å². The van der Waals surface area contributed by atoms with E-state index in [0.717, 1.165) is 0 Å². The molecule has 1 heterocycles. The van der Waals surface area contributed by atoms with Gasteiger partial charge in [0.1, 0.15) is 5.82 Å². The number of nitrogens with two attached hydrogens (primary N) is 1. The summed E-state index contributed by atoms with van der Waals surface area (Å²) in [5, 5.41) is 3.52. The Kier molecular flexibility index (Phi) is 2.63. The molecule has 2 aromatic rings. The molecule has 0 radical (unpaired) electrons. The molecule has 1 amide bonds. The minimum Gasteiger partial charge on any atom is -0.361 e. The van der Waals surface area contributed by atoms with Gasteiger partial charge in [0.2, 0.25) is 0 Å². The molecule has 0 aliphatic rings. The van der Waals surface area contributed by atoms with Crippen molar-refractivity contribution in [3.8, 4) is 0 Å². The lowest BCUT2D eigenvalue weighted by Gasteiger charge is -1.97. The number of primary amides is 1. The zero-order valence-corrected chi connectivity index (χ0v) is 8.18. The fraction of sp³-hybridized carbons (Fsp3) is 0.100. The van der Waals surface area contributed by atoms with Gasteiger partial charge in [-0.2, -0.15) is 4.98 Å². The number of amides is 1. The molecule has 16 heavy (non-hydrogen) atoms. The molecular formula is C10H8FN3O2. The Morgan fingerprint density at radius 1 is 1.44 bits per heavy atom. The minimum absolute atomic E-state index is 0.156. The molecule has 0 atom stereocenters. The number of rotatable bonds is 3. The summed E-state index contributed by atoms with van der Waals surface area (Å²) >= 11 is 0. The van der Waals surface area contributed by atoms with Crippen LogP contribution in [0.2, 0.25) is 0 Å². The SMILES string of the molecule is NC(=O)c1nc(Cc2ccccc2F)no1. The molecule has 0 saturated carbocycles. The number of carbonyl (C=O) groups excluding carboxylic acids is 1. The lowest BCUT2D eigenvalue weighted by molar-refractivity contribution is 0.0958.